The van der Waals surface area contributed by atoms with E-state index in [2.05, 4.69) is 16.8 Å². The lowest BCUT2D eigenvalue weighted by molar-refractivity contribution is -0.0382. The van der Waals surface area contributed by atoms with Crippen LogP contribution in [0.3, 0.4) is 0 Å². The van der Waals surface area contributed by atoms with Crippen LogP contribution in [0.5, 0.6) is 5.75 Å². The SMILES string of the molecule is CCC#Cc1ccc(OC2CC(OC)C2)cn1. The van der Waals surface area contributed by atoms with Gasteiger partial charge in [-0.2, -0.15) is 0 Å². The van der Waals surface area contributed by atoms with Gasteiger partial charge in [0.1, 0.15) is 17.5 Å². The zero-order chi connectivity index (χ0) is 12.1. The van der Waals surface area contributed by atoms with Crippen molar-refractivity contribution in [3.63, 3.8) is 0 Å². The van der Waals surface area contributed by atoms with Gasteiger partial charge in [-0.05, 0) is 18.1 Å². The third kappa shape index (κ3) is 3.21. The summed E-state index contributed by atoms with van der Waals surface area (Å²) in [5, 5.41) is 0. The number of methoxy groups -OCH3 is 1. The van der Waals surface area contributed by atoms with Crippen molar-refractivity contribution in [1.29, 1.82) is 0 Å². The van der Waals surface area contributed by atoms with E-state index in [1.54, 1.807) is 13.3 Å². The van der Waals surface area contributed by atoms with Crippen LogP contribution in [0.1, 0.15) is 31.9 Å². The highest BCUT2D eigenvalue weighted by Gasteiger charge is 2.30. The molecule has 1 saturated carbocycles. The minimum absolute atomic E-state index is 0.273. The molecule has 0 aromatic carbocycles. The molecule has 17 heavy (non-hydrogen) atoms. The van der Waals surface area contributed by atoms with Crippen LogP contribution >= 0.6 is 0 Å². The molecule has 0 amide bonds. The Labute approximate surface area is 102 Å². The van der Waals surface area contributed by atoms with Crippen molar-refractivity contribution in [2.24, 2.45) is 0 Å². The molecule has 0 radical (unpaired) electrons. The van der Waals surface area contributed by atoms with Gasteiger partial charge in [-0.25, -0.2) is 4.98 Å². The van der Waals surface area contributed by atoms with Crippen molar-refractivity contribution in [2.75, 3.05) is 7.11 Å². The molecule has 0 N–H and O–H groups in total. The first-order valence-electron chi connectivity index (χ1n) is 5.96. The van der Waals surface area contributed by atoms with Gasteiger partial charge in [0.15, 0.2) is 0 Å². The number of hydrogen-bond donors (Lipinski definition) is 0. The zero-order valence-electron chi connectivity index (χ0n) is 10.3. The van der Waals surface area contributed by atoms with Crippen molar-refractivity contribution < 1.29 is 9.47 Å². The Kier molecular flexibility index (Phi) is 4.00. The smallest absolute Gasteiger partial charge is 0.138 e. The lowest BCUT2D eigenvalue weighted by Gasteiger charge is -2.33. The topological polar surface area (TPSA) is 31.4 Å². The van der Waals surface area contributed by atoms with Gasteiger partial charge in [0.2, 0.25) is 0 Å². The first-order chi connectivity index (χ1) is 8.31. The molecule has 1 heterocycles. The summed E-state index contributed by atoms with van der Waals surface area (Å²) in [6, 6.07) is 3.82. The first kappa shape index (κ1) is 11.9. The van der Waals surface area contributed by atoms with Crippen molar-refractivity contribution in [1.82, 2.24) is 4.98 Å². The van der Waals surface area contributed by atoms with E-state index in [0.717, 1.165) is 30.7 Å². The molecule has 0 spiro atoms. The second kappa shape index (κ2) is 5.70. The second-order valence-corrected chi connectivity index (χ2v) is 4.10. The van der Waals surface area contributed by atoms with E-state index in [1.807, 2.05) is 19.1 Å². The van der Waals surface area contributed by atoms with Crippen LogP contribution in [-0.2, 0) is 4.74 Å². The van der Waals surface area contributed by atoms with E-state index in [1.165, 1.54) is 0 Å². The number of rotatable bonds is 3. The molecular weight excluding hydrogens is 214 g/mol. The lowest BCUT2D eigenvalue weighted by atomic mass is 9.92. The maximum absolute atomic E-state index is 5.75. The fourth-order valence-electron chi connectivity index (χ4n) is 1.70. The molecule has 0 saturated heterocycles. The normalized spacial score (nSPS) is 22.2. The van der Waals surface area contributed by atoms with Gasteiger partial charge in [0, 0.05) is 26.4 Å². The maximum atomic E-state index is 5.75. The number of hydrogen-bond acceptors (Lipinski definition) is 3. The van der Waals surface area contributed by atoms with E-state index < -0.39 is 0 Å². The van der Waals surface area contributed by atoms with Crippen LogP contribution in [0.2, 0.25) is 0 Å². The highest BCUT2D eigenvalue weighted by molar-refractivity contribution is 5.31. The van der Waals surface area contributed by atoms with E-state index in [0.29, 0.717) is 6.10 Å². The summed E-state index contributed by atoms with van der Waals surface area (Å²) in [5.74, 6) is 6.78. The molecule has 3 heteroatoms. The summed E-state index contributed by atoms with van der Waals surface area (Å²) in [6.07, 6.45) is 5.15. The summed E-state index contributed by atoms with van der Waals surface area (Å²) >= 11 is 0. The Bertz CT molecular complexity index is 410. The van der Waals surface area contributed by atoms with Crippen LogP contribution < -0.4 is 4.74 Å². The summed E-state index contributed by atoms with van der Waals surface area (Å²) < 4.78 is 11.0. The van der Waals surface area contributed by atoms with Crippen LogP contribution in [0.25, 0.3) is 0 Å². The van der Waals surface area contributed by atoms with Crippen molar-refractivity contribution in [3.05, 3.63) is 24.0 Å². The van der Waals surface area contributed by atoms with E-state index in [4.69, 9.17) is 9.47 Å². The molecule has 3 nitrogen and oxygen atoms in total. The van der Waals surface area contributed by atoms with Gasteiger partial charge in [0.05, 0.1) is 12.3 Å². The molecule has 90 valence electrons. The van der Waals surface area contributed by atoms with Crippen LogP contribution in [0, 0.1) is 11.8 Å². The Morgan fingerprint density at radius 2 is 2.18 bits per heavy atom. The molecular formula is C14H17NO2. The fraction of sp³-hybridized carbons (Fsp3) is 0.500. The monoisotopic (exact) mass is 231 g/mol. The summed E-state index contributed by atoms with van der Waals surface area (Å²) in [7, 11) is 1.74. The van der Waals surface area contributed by atoms with Crippen molar-refractivity contribution >= 4 is 0 Å². The van der Waals surface area contributed by atoms with Gasteiger partial charge in [0.25, 0.3) is 0 Å². The first-order valence-corrected chi connectivity index (χ1v) is 5.96. The molecule has 1 aromatic rings. The average Bonchev–Trinajstić information content (AvgIpc) is 2.32. The molecule has 1 aromatic heterocycles. The van der Waals surface area contributed by atoms with Gasteiger partial charge < -0.3 is 9.47 Å². The molecule has 2 rings (SSSR count). The van der Waals surface area contributed by atoms with Crippen molar-refractivity contribution in [3.8, 4) is 17.6 Å². The standard InChI is InChI=1S/C14H17NO2/c1-3-4-5-11-6-7-12(10-15-11)17-14-8-13(9-14)16-2/h6-7,10,13-14H,3,8-9H2,1-2H3. The Morgan fingerprint density at radius 3 is 2.76 bits per heavy atom. The Balaban J connectivity index is 1.86. The molecule has 1 fully saturated rings. The zero-order valence-corrected chi connectivity index (χ0v) is 10.3. The quantitative estimate of drug-likeness (QED) is 0.748. The third-order valence-corrected chi connectivity index (χ3v) is 2.82. The van der Waals surface area contributed by atoms with Crippen LogP contribution in [-0.4, -0.2) is 24.3 Å². The van der Waals surface area contributed by atoms with Gasteiger partial charge in [-0.15, -0.1) is 0 Å². The molecule has 1 aliphatic carbocycles. The highest BCUT2D eigenvalue weighted by Crippen LogP contribution is 2.27. The number of ether oxygens (including phenoxy) is 2. The van der Waals surface area contributed by atoms with E-state index in [-0.39, 0.29) is 6.10 Å². The number of aromatic nitrogens is 1. The largest absolute Gasteiger partial charge is 0.489 e. The van der Waals surface area contributed by atoms with Gasteiger partial charge in [-0.1, -0.05) is 12.8 Å². The lowest BCUT2D eigenvalue weighted by Crippen LogP contribution is -2.38. The second-order valence-electron chi connectivity index (χ2n) is 4.10. The molecule has 0 unspecified atom stereocenters. The van der Waals surface area contributed by atoms with Crippen LogP contribution in [0.15, 0.2) is 18.3 Å². The van der Waals surface area contributed by atoms with E-state index in [9.17, 15) is 0 Å². The molecule has 0 bridgehead atoms. The van der Waals surface area contributed by atoms with Gasteiger partial charge >= 0.3 is 0 Å². The highest BCUT2D eigenvalue weighted by atomic mass is 16.5. The molecule has 0 atom stereocenters. The van der Waals surface area contributed by atoms with Crippen LogP contribution in [0.4, 0.5) is 0 Å². The van der Waals surface area contributed by atoms with E-state index >= 15 is 0 Å². The minimum Gasteiger partial charge on any atom is -0.489 e. The minimum atomic E-state index is 0.273. The summed E-state index contributed by atoms with van der Waals surface area (Å²) in [5.41, 5.74) is 0.794. The number of pyridine rings is 1. The summed E-state index contributed by atoms with van der Waals surface area (Å²) in [6.45, 7) is 2.02. The van der Waals surface area contributed by atoms with Crippen molar-refractivity contribution in [2.45, 2.75) is 38.4 Å². The predicted molar refractivity (Wildman–Crippen MR) is 65.9 cm³/mol. The maximum Gasteiger partial charge on any atom is 0.138 e. The Hall–Kier alpha value is -1.53. The molecule has 1 aliphatic rings. The third-order valence-electron chi connectivity index (χ3n) is 2.82. The predicted octanol–water partition coefficient (Wildman–Crippen LogP) is 2.40. The number of nitrogens with zero attached hydrogens (tertiary/aromatic N) is 1. The average molecular weight is 231 g/mol. The molecule has 0 aliphatic heterocycles. The fourth-order valence-corrected chi connectivity index (χ4v) is 1.70. The van der Waals surface area contributed by atoms with Gasteiger partial charge in [-0.3, -0.25) is 0 Å². The Morgan fingerprint density at radius 1 is 1.35 bits per heavy atom. The summed E-state index contributed by atoms with van der Waals surface area (Å²) in [4.78, 5) is 4.24.